The molecule has 41 heavy (non-hydrogen) atoms. The van der Waals surface area contributed by atoms with Gasteiger partial charge in [-0.1, -0.05) is 66.2 Å². The molecule has 192 valence electrons. The van der Waals surface area contributed by atoms with E-state index >= 15 is 0 Å². The van der Waals surface area contributed by atoms with Crippen molar-refractivity contribution in [2.45, 2.75) is 6.92 Å². The van der Waals surface area contributed by atoms with Crippen molar-refractivity contribution in [3.05, 3.63) is 151 Å². The molecule has 8 rings (SSSR count). The summed E-state index contributed by atoms with van der Waals surface area (Å²) in [4.78, 5) is 0. The van der Waals surface area contributed by atoms with Gasteiger partial charge in [-0.2, -0.15) is 9.74 Å². The maximum atomic E-state index is 9.77. The summed E-state index contributed by atoms with van der Waals surface area (Å²) in [5.74, 6) is 0. The summed E-state index contributed by atoms with van der Waals surface area (Å²) >= 11 is 0. The third-order valence-corrected chi connectivity index (χ3v) is 8.52. The van der Waals surface area contributed by atoms with Crippen LogP contribution in [0.4, 0.5) is 22.7 Å². The summed E-state index contributed by atoms with van der Waals surface area (Å²) in [7, 11) is 0. The average Bonchev–Trinajstić information content (AvgIpc) is 3.52. The lowest BCUT2D eigenvalue weighted by Crippen LogP contribution is -2.31. The first-order valence-electron chi connectivity index (χ1n) is 13.9. The van der Waals surface area contributed by atoms with Gasteiger partial charge in [-0.25, -0.2) is 0 Å². The van der Waals surface area contributed by atoms with E-state index in [1.54, 1.807) is 0 Å². The van der Waals surface area contributed by atoms with Gasteiger partial charge in [0.1, 0.15) is 11.4 Å². The van der Waals surface area contributed by atoms with E-state index in [4.69, 9.17) is 0 Å². The average molecular weight is 525 g/mol. The zero-order valence-electron chi connectivity index (χ0n) is 22.6. The van der Waals surface area contributed by atoms with Crippen molar-refractivity contribution in [1.82, 2.24) is 9.05 Å². The van der Waals surface area contributed by atoms with Crippen molar-refractivity contribution >= 4 is 44.6 Å². The van der Waals surface area contributed by atoms with E-state index in [2.05, 4.69) is 145 Å². The molecule has 1 atom stereocenters. The summed E-state index contributed by atoms with van der Waals surface area (Å²) in [5.41, 5.74) is 12.3. The van der Waals surface area contributed by atoms with Crippen LogP contribution in [0.15, 0.2) is 140 Å². The van der Waals surface area contributed by atoms with Crippen LogP contribution >= 0.6 is 0 Å². The van der Waals surface area contributed by atoms with Gasteiger partial charge >= 0.3 is 0 Å². The minimum atomic E-state index is 0.457. The van der Waals surface area contributed by atoms with E-state index in [1.807, 2.05) is 12.1 Å². The molecule has 7 aromatic rings. The van der Waals surface area contributed by atoms with Crippen LogP contribution in [-0.4, -0.2) is 4.57 Å². The van der Waals surface area contributed by atoms with Gasteiger partial charge in [0, 0.05) is 52.9 Å². The highest BCUT2D eigenvalue weighted by Gasteiger charge is 2.48. The topological polar surface area (TPSA) is 28.7 Å². The Morgan fingerprint density at radius 1 is 0.561 bits per heavy atom. The second kappa shape index (κ2) is 8.79. The molecule has 1 unspecified atom stereocenters. The van der Waals surface area contributed by atoms with E-state index in [9.17, 15) is 5.26 Å². The number of benzene rings is 6. The summed E-state index contributed by atoms with van der Waals surface area (Å²) in [6.07, 6.45) is 0. The zero-order valence-corrected chi connectivity index (χ0v) is 22.6. The third-order valence-electron chi connectivity index (χ3n) is 8.52. The number of hydrogen-bond donors (Lipinski definition) is 0. The first-order valence-corrected chi connectivity index (χ1v) is 13.9. The normalized spacial score (nSPS) is 15.5. The van der Waals surface area contributed by atoms with Crippen molar-refractivity contribution < 1.29 is 0 Å². The van der Waals surface area contributed by atoms with Crippen LogP contribution in [0.2, 0.25) is 0 Å². The van der Waals surface area contributed by atoms with E-state index in [0.29, 0.717) is 10.0 Å². The van der Waals surface area contributed by atoms with E-state index < -0.39 is 0 Å². The number of nitrogens with zero attached hydrogens (tertiary/aromatic N) is 3. The minimum absolute atomic E-state index is 0.457. The summed E-state index contributed by atoms with van der Waals surface area (Å²) in [6.45, 7) is 2.13. The molecule has 6 aromatic carbocycles. The molecule has 0 spiro atoms. The van der Waals surface area contributed by atoms with Crippen molar-refractivity contribution in [1.29, 1.82) is 5.26 Å². The number of quaternary nitrogens is 1. The highest BCUT2D eigenvalue weighted by Crippen LogP contribution is 2.62. The Bertz CT molecular complexity index is 2160. The number of para-hydroxylation sites is 3. The van der Waals surface area contributed by atoms with Gasteiger partial charge in [-0.15, -0.1) is 0 Å². The Balaban J connectivity index is 1.51. The molecule has 3 heteroatoms. The first kappa shape index (κ1) is 23.5. The van der Waals surface area contributed by atoms with Gasteiger partial charge in [-0.05, 0) is 49.4 Å². The fourth-order valence-corrected chi connectivity index (χ4v) is 6.74. The highest BCUT2D eigenvalue weighted by molar-refractivity contribution is 6.12. The molecular formula is C38H26N3+. The standard InChI is InChI=1S/C38H26N3/c1-26-15-18-29(19-16-26)41(37-14-8-6-12-32(37)34-23-27(25-39)17-22-38(34)41)30-20-21-36-33(24-30)31-11-5-7-13-35(31)40(36)28-9-3-2-4-10-28/h2-24H,1H3/q+1. The Kier molecular flexibility index (Phi) is 5.03. The highest BCUT2D eigenvalue weighted by atomic mass is 15.4. The third kappa shape index (κ3) is 3.23. The predicted molar refractivity (Wildman–Crippen MR) is 169 cm³/mol. The fourth-order valence-electron chi connectivity index (χ4n) is 6.74. The van der Waals surface area contributed by atoms with E-state index in [-0.39, 0.29) is 0 Å². The number of hydrogen-bond acceptors (Lipinski definition) is 1. The van der Waals surface area contributed by atoms with Crippen LogP contribution in [0.25, 0.3) is 38.6 Å². The molecule has 1 aliphatic heterocycles. The van der Waals surface area contributed by atoms with Crippen molar-refractivity contribution in [2.24, 2.45) is 0 Å². The maximum absolute atomic E-state index is 9.77. The summed E-state index contributed by atoms with van der Waals surface area (Å²) in [5, 5.41) is 12.2. The Morgan fingerprint density at radius 2 is 1.24 bits per heavy atom. The van der Waals surface area contributed by atoms with Crippen LogP contribution in [0, 0.1) is 18.3 Å². The Morgan fingerprint density at radius 3 is 2.07 bits per heavy atom. The summed E-state index contributed by atoms with van der Waals surface area (Å²) < 4.78 is 2.81. The van der Waals surface area contributed by atoms with Gasteiger partial charge in [0.2, 0.25) is 0 Å². The number of aryl methyl sites for hydroxylation is 1. The van der Waals surface area contributed by atoms with Gasteiger partial charge in [0.15, 0.2) is 11.4 Å². The lowest BCUT2D eigenvalue weighted by atomic mass is 10.0. The van der Waals surface area contributed by atoms with E-state index in [1.165, 1.54) is 33.1 Å². The molecule has 3 nitrogen and oxygen atoms in total. The lowest BCUT2D eigenvalue weighted by molar-refractivity contribution is 0.722. The number of fused-ring (bicyclic) bond motifs is 6. The van der Waals surface area contributed by atoms with Crippen molar-refractivity contribution in [2.75, 3.05) is 0 Å². The minimum Gasteiger partial charge on any atom is -0.309 e. The molecule has 0 bridgehead atoms. The van der Waals surface area contributed by atoms with Crippen LogP contribution in [0.5, 0.6) is 0 Å². The number of aromatic nitrogens is 1. The molecule has 0 amide bonds. The van der Waals surface area contributed by atoms with Crippen LogP contribution in [0.1, 0.15) is 11.1 Å². The second-order valence-corrected chi connectivity index (χ2v) is 10.8. The SMILES string of the molecule is Cc1ccc([N+]2(c3ccc4c(c3)c3ccccc3n4-c3ccccc3)c3ccccc3-c3cc(C#N)ccc32)cc1. The maximum Gasteiger partial charge on any atom is 0.156 e. The monoisotopic (exact) mass is 524 g/mol. The van der Waals surface area contributed by atoms with Crippen LogP contribution < -0.4 is 4.48 Å². The van der Waals surface area contributed by atoms with Crippen molar-refractivity contribution in [3.8, 4) is 22.9 Å². The molecule has 0 N–H and O–H groups in total. The van der Waals surface area contributed by atoms with E-state index in [0.717, 1.165) is 33.9 Å². The number of rotatable bonds is 3. The van der Waals surface area contributed by atoms with Gasteiger partial charge in [0.25, 0.3) is 0 Å². The molecule has 0 aliphatic carbocycles. The van der Waals surface area contributed by atoms with Gasteiger partial charge < -0.3 is 4.57 Å². The van der Waals surface area contributed by atoms with Crippen LogP contribution in [0.3, 0.4) is 0 Å². The molecular weight excluding hydrogens is 498 g/mol. The van der Waals surface area contributed by atoms with Crippen LogP contribution in [-0.2, 0) is 0 Å². The molecule has 1 aromatic heterocycles. The largest absolute Gasteiger partial charge is 0.309 e. The molecule has 0 saturated carbocycles. The van der Waals surface area contributed by atoms with Gasteiger partial charge in [0.05, 0.1) is 33.8 Å². The summed E-state index contributed by atoms with van der Waals surface area (Å²) in [6, 6.07) is 52.2. The van der Waals surface area contributed by atoms with Crippen molar-refractivity contribution in [3.63, 3.8) is 0 Å². The smallest absolute Gasteiger partial charge is 0.156 e. The molecule has 2 heterocycles. The lowest BCUT2D eigenvalue weighted by Gasteiger charge is -2.34. The first-order chi connectivity index (χ1) is 20.2. The molecule has 0 radical (unpaired) electrons. The molecule has 0 saturated heterocycles. The fraction of sp³-hybridized carbons (Fsp3) is 0.0263. The Labute approximate surface area is 239 Å². The van der Waals surface area contributed by atoms with Gasteiger partial charge in [-0.3, -0.25) is 0 Å². The number of nitriles is 1. The molecule has 1 aliphatic rings. The zero-order chi connectivity index (χ0) is 27.6. The molecule has 0 fully saturated rings. The second-order valence-electron chi connectivity index (χ2n) is 10.8. The Hall–Kier alpha value is -5.43. The quantitative estimate of drug-likeness (QED) is 0.211. The predicted octanol–water partition coefficient (Wildman–Crippen LogP) is 10.2.